The Labute approximate surface area is 115 Å². The highest BCUT2D eigenvalue weighted by Crippen LogP contribution is 2.33. The van der Waals surface area contributed by atoms with Crippen molar-refractivity contribution in [1.82, 2.24) is 4.98 Å². The van der Waals surface area contributed by atoms with Crippen molar-refractivity contribution in [3.8, 4) is 0 Å². The van der Waals surface area contributed by atoms with Crippen LogP contribution in [0.2, 0.25) is 0 Å². The molecule has 0 amide bonds. The summed E-state index contributed by atoms with van der Waals surface area (Å²) in [5.41, 5.74) is -0.348. The van der Waals surface area contributed by atoms with E-state index >= 15 is 0 Å². The molecular weight excluding hydrogens is 277 g/mol. The second-order valence-corrected chi connectivity index (χ2v) is 5.44. The van der Waals surface area contributed by atoms with Crippen molar-refractivity contribution in [3.63, 3.8) is 0 Å². The molecule has 0 N–H and O–H groups in total. The fourth-order valence-corrected chi connectivity index (χ4v) is 2.94. The number of hydrogen-bond donors (Lipinski definition) is 0. The van der Waals surface area contributed by atoms with Crippen molar-refractivity contribution >= 4 is 17.3 Å². The SMILES string of the molecule is CN(c1ccnc(C(F)(F)F)c1)C1CCCCC1Cl. The van der Waals surface area contributed by atoms with Gasteiger partial charge in [0, 0.05) is 25.0 Å². The van der Waals surface area contributed by atoms with Crippen molar-refractivity contribution < 1.29 is 13.2 Å². The topological polar surface area (TPSA) is 16.1 Å². The molecule has 6 heteroatoms. The molecule has 2 atom stereocenters. The van der Waals surface area contributed by atoms with Crippen LogP contribution in [0.15, 0.2) is 18.3 Å². The van der Waals surface area contributed by atoms with E-state index in [-0.39, 0.29) is 11.4 Å². The number of halogens is 4. The average molecular weight is 293 g/mol. The zero-order valence-electron chi connectivity index (χ0n) is 10.6. The minimum atomic E-state index is -4.41. The molecule has 2 unspecified atom stereocenters. The van der Waals surface area contributed by atoms with Gasteiger partial charge in [0.1, 0.15) is 5.69 Å². The fraction of sp³-hybridized carbons (Fsp3) is 0.615. The quantitative estimate of drug-likeness (QED) is 0.763. The van der Waals surface area contributed by atoms with E-state index in [9.17, 15) is 13.2 Å². The van der Waals surface area contributed by atoms with Gasteiger partial charge in [-0.3, -0.25) is 4.98 Å². The molecule has 1 saturated carbocycles. The Hall–Kier alpha value is -0.970. The Kier molecular flexibility index (Phi) is 4.23. The van der Waals surface area contributed by atoms with Gasteiger partial charge in [0.15, 0.2) is 0 Å². The molecule has 1 aromatic rings. The first-order valence-corrected chi connectivity index (χ1v) is 6.73. The van der Waals surface area contributed by atoms with Gasteiger partial charge in [-0.1, -0.05) is 12.8 Å². The van der Waals surface area contributed by atoms with Crippen molar-refractivity contribution in [2.24, 2.45) is 0 Å². The normalized spacial score (nSPS) is 24.3. The van der Waals surface area contributed by atoms with Crippen LogP contribution < -0.4 is 4.90 Å². The zero-order chi connectivity index (χ0) is 14.0. The Morgan fingerprint density at radius 3 is 2.63 bits per heavy atom. The maximum absolute atomic E-state index is 12.6. The van der Waals surface area contributed by atoms with Crippen molar-refractivity contribution in [1.29, 1.82) is 0 Å². The minimum absolute atomic E-state index is 0.0127. The molecule has 1 aliphatic rings. The monoisotopic (exact) mass is 292 g/mol. The Morgan fingerprint density at radius 1 is 1.32 bits per heavy atom. The molecule has 0 saturated heterocycles. The van der Waals surface area contributed by atoms with E-state index in [0.717, 1.165) is 31.7 Å². The molecule has 1 heterocycles. The van der Waals surface area contributed by atoms with Crippen LogP contribution in [0.3, 0.4) is 0 Å². The number of alkyl halides is 4. The predicted molar refractivity (Wildman–Crippen MR) is 69.5 cm³/mol. The van der Waals surface area contributed by atoms with Gasteiger partial charge in [-0.2, -0.15) is 13.2 Å². The third-order valence-electron chi connectivity index (χ3n) is 3.59. The summed E-state index contributed by atoms with van der Waals surface area (Å²) < 4.78 is 37.9. The lowest BCUT2D eigenvalue weighted by Gasteiger charge is -2.36. The summed E-state index contributed by atoms with van der Waals surface area (Å²) in [6.07, 6.45) is 0.755. The summed E-state index contributed by atoms with van der Waals surface area (Å²) in [5.74, 6) is 0. The van der Waals surface area contributed by atoms with Crippen LogP contribution in [-0.2, 0) is 6.18 Å². The van der Waals surface area contributed by atoms with Gasteiger partial charge < -0.3 is 4.90 Å². The highest BCUT2D eigenvalue weighted by molar-refractivity contribution is 6.21. The highest BCUT2D eigenvalue weighted by Gasteiger charge is 2.33. The summed E-state index contributed by atoms with van der Waals surface area (Å²) in [4.78, 5) is 5.21. The fourth-order valence-electron chi connectivity index (χ4n) is 2.49. The smallest absolute Gasteiger partial charge is 0.370 e. The summed E-state index contributed by atoms with van der Waals surface area (Å²) in [7, 11) is 1.79. The van der Waals surface area contributed by atoms with Gasteiger partial charge in [0.05, 0.1) is 5.38 Å². The van der Waals surface area contributed by atoms with Crippen LogP contribution in [0.1, 0.15) is 31.4 Å². The number of hydrogen-bond acceptors (Lipinski definition) is 2. The van der Waals surface area contributed by atoms with Crippen LogP contribution in [0.4, 0.5) is 18.9 Å². The van der Waals surface area contributed by atoms with E-state index in [1.54, 1.807) is 13.1 Å². The number of nitrogens with zero attached hydrogens (tertiary/aromatic N) is 2. The summed E-state index contributed by atoms with van der Waals surface area (Å²) in [6.45, 7) is 0. The van der Waals surface area contributed by atoms with Crippen molar-refractivity contribution in [3.05, 3.63) is 24.0 Å². The van der Waals surface area contributed by atoms with E-state index in [2.05, 4.69) is 4.98 Å². The molecule has 106 valence electrons. The van der Waals surface area contributed by atoms with Gasteiger partial charge >= 0.3 is 6.18 Å². The lowest BCUT2D eigenvalue weighted by atomic mass is 9.93. The number of rotatable bonds is 2. The molecule has 2 nitrogen and oxygen atoms in total. The third kappa shape index (κ3) is 3.32. The van der Waals surface area contributed by atoms with Crippen LogP contribution in [0, 0.1) is 0 Å². The molecule has 0 bridgehead atoms. The lowest BCUT2D eigenvalue weighted by molar-refractivity contribution is -0.141. The first-order chi connectivity index (χ1) is 8.89. The summed E-state index contributed by atoms with van der Waals surface area (Å²) in [5, 5.41) is -0.0127. The number of anilines is 1. The molecule has 0 aromatic carbocycles. The average Bonchev–Trinajstić information content (AvgIpc) is 2.38. The first-order valence-electron chi connectivity index (χ1n) is 6.30. The molecule has 2 rings (SSSR count). The minimum Gasteiger partial charge on any atom is -0.370 e. The molecular formula is C13H16ClF3N2. The van der Waals surface area contributed by atoms with E-state index in [1.165, 1.54) is 6.20 Å². The summed E-state index contributed by atoms with van der Waals surface area (Å²) in [6, 6.07) is 2.75. The highest BCUT2D eigenvalue weighted by atomic mass is 35.5. The van der Waals surface area contributed by atoms with E-state index in [4.69, 9.17) is 11.6 Å². The van der Waals surface area contributed by atoms with Crippen molar-refractivity contribution in [2.45, 2.75) is 43.3 Å². The van der Waals surface area contributed by atoms with Gasteiger partial charge in [0.25, 0.3) is 0 Å². The van der Waals surface area contributed by atoms with E-state index in [0.29, 0.717) is 5.69 Å². The molecule has 1 aromatic heterocycles. The van der Waals surface area contributed by atoms with Crippen LogP contribution in [-0.4, -0.2) is 23.5 Å². The largest absolute Gasteiger partial charge is 0.433 e. The van der Waals surface area contributed by atoms with Gasteiger partial charge in [-0.05, 0) is 25.0 Å². The Bertz CT molecular complexity index is 436. The Balaban J connectivity index is 2.21. The van der Waals surface area contributed by atoms with Gasteiger partial charge in [-0.15, -0.1) is 11.6 Å². The zero-order valence-corrected chi connectivity index (χ0v) is 11.4. The van der Waals surface area contributed by atoms with Crippen LogP contribution >= 0.6 is 11.6 Å². The van der Waals surface area contributed by atoms with Gasteiger partial charge in [-0.25, -0.2) is 0 Å². The van der Waals surface area contributed by atoms with E-state index in [1.807, 2.05) is 4.90 Å². The van der Waals surface area contributed by atoms with Crippen LogP contribution in [0.25, 0.3) is 0 Å². The number of aromatic nitrogens is 1. The first kappa shape index (κ1) is 14.4. The molecule has 1 aliphatic carbocycles. The summed E-state index contributed by atoms with van der Waals surface area (Å²) >= 11 is 6.28. The lowest BCUT2D eigenvalue weighted by Crippen LogP contribution is -2.41. The molecule has 0 aliphatic heterocycles. The second kappa shape index (κ2) is 5.57. The second-order valence-electron chi connectivity index (χ2n) is 4.88. The number of pyridine rings is 1. The maximum Gasteiger partial charge on any atom is 0.433 e. The van der Waals surface area contributed by atoms with Gasteiger partial charge in [0.2, 0.25) is 0 Å². The standard InChI is InChI=1S/C13H16ClF3N2/c1-19(11-5-3-2-4-10(11)14)9-6-7-18-12(8-9)13(15,16)17/h6-8,10-11H,2-5H2,1H3. The Morgan fingerprint density at radius 2 is 2.00 bits per heavy atom. The molecule has 0 radical (unpaired) electrons. The predicted octanol–water partition coefficient (Wildman–Crippen LogP) is 4.09. The van der Waals surface area contributed by atoms with Crippen LogP contribution in [0.5, 0.6) is 0 Å². The maximum atomic E-state index is 12.6. The molecule has 0 spiro atoms. The van der Waals surface area contributed by atoms with E-state index < -0.39 is 11.9 Å². The third-order valence-corrected chi connectivity index (χ3v) is 4.10. The van der Waals surface area contributed by atoms with Crippen molar-refractivity contribution in [2.75, 3.05) is 11.9 Å². The molecule has 1 fully saturated rings. The molecule has 19 heavy (non-hydrogen) atoms.